The Hall–Kier alpha value is -2.89. The number of ether oxygens (including phenoxy) is 1. The van der Waals surface area contributed by atoms with Crippen molar-refractivity contribution in [3.05, 3.63) is 65.9 Å². The molecule has 6 heteroatoms. The minimum atomic E-state index is -0.364. The number of benzene rings is 1. The predicted molar refractivity (Wildman–Crippen MR) is 106 cm³/mol. The number of nitrogens with one attached hydrogen (secondary N) is 1. The Morgan fingerprint density at radius 3 is 2.86 bits per heavy atom. The van der Waals surface area contributed by atoms with E-state index in [2.05, 4.69) is 28.2 Å². The fourth-order valence-electron chi connectivity index (χ4n) is 3.73. The van der Waals surface area contributed by atoms with Crippen LogP contribution in [0, 0.1) is 5.82 Å². The maximum Gasteiger partial charge on any atom is 0.270 e. The summed E-state index contributed by atoms with van der Waals surface area (Å²) in [7, 11) is 1.57. The lowest BCUT2D eigenvalue weighted by molar-refractivity contribution is 0.0926. The molecule has 1 atom stereocenters. The molecule has 0 bridgehead atoms. The molecule has 5 nitrogen and oxygen atoms in total. The third-order valence-electron chi connectivity index (χ3n) is 5.50. The van der Waals surface area contributed by atoms with Crippen molar-refractivity contribution in [2.24, 2.45) is 0 Å². The first kappa shape index (κ1) is 18.5. The minimum absolute atomic E-state index is 0.203. The number of aromatic nitrogens is 1. The molecule has 28 heavy (non-hydrogen) atoms. The van der Waals surface area contributed by atoms with E-state index in [1.807, 2.05) is 18.3 Å². The van der Waals surface area contributed by atoms with Gasteiger partial charge in [-0.25, -0.2) is 4.39 Å². The SMILES string of the molecule is COc1ccc(F)cc1CC1(NC(=O)c2cc(N3C=CCC3C)ccn2)CC1. The number of anilines is 1. The minimum Gasteiger partial charge on any atom is -0.496 e. The van der Waals surface area contributed by atoms with Gasteiger partial charge in [-0.2, -0.15) is 0 Å². The number of hydrogen-bond donors (Lipinski definition) is 1. The van der Waals surface area contributed by atoms with E-state index in [0.29, 0.717) is 23.9 Å². The van der Waals surface area contributed by atoms with Gasteiger partial charge in [-0.05, 0) is 68.5 Å². The van der Waals surface area contributed by atoms with Crippen molar-refractivity contribution in [2.45, 2.75) is 44.2 Å². The van der Waals surface area contributed by atoms with Gasteiger partial charge in [0.2, 0.25) is 0 Å². The second-order valence-electron chi connectivity index (χ2n) is 7.64. The average molecular weight is 381 g/mol. The number of rotatable bonds is 6. The van der Waals surface area contributed by atoms with Gasteiger partial charge in [0.25, 0.3) is 5.91 Å². The van der Waals surface area contributed by atoms with E-state index in [1.165, 1.54) is 12.1 Å². The number of nitrogens with zero attached hydrogens (tertiary/aromatic N) is 2. The molecule has 1 saturated carbocycles. The van der Waals surface area contributed by atoms with Gasteiger partial charge in [0.05, 0.1) is 7.11 Å². The van der Waals surface area contributed by atoms with Gasteiger partial charge < -0.3 is 15.0 Å². The number of pyridine rings is 1. The molecule has 2 heterocycles. The molecule has 0 saturated heterocycles. The average Bonchev–Trinajstić information content (AvgIpc) is 3.29. The molecular weight excluding hydrogens is 357 g/mol. The van der Waals surface area contributed by atoms with Crippen LogP contribution in [0.25, 0.3) is 0 Å². The number of hydrogen-bond acceptors (Lipinski definition) is 4. The molecular formula is C22H24FN3O2. The zero-order valence-corrected chi connectivity index (χ0v) is 16.1. The highest BCUT2D eigenvalue weighted by Gasteiger charge is 2.45. The van der Waals surface area contributed by atoms with Crippen molar-refractivity contribution in [1.29, 1.82) is 0 Å². The zero-order chi connectivity index (χ0) is 19.7. The van der Waals surface area contributed by atoms with Crippen LogP contribution in [-0.4, -0.2) is 29.6 Å². The molecule has 0 spiro atoms. The second-order valence-corrected chi connectivity index (χ2v) is 7.64. The number of methoxy groups -OCH3 is 1. The summed E-state index contributed by atoms with van der Waals surface area (Å²) in [6.45, 7) is 2.14. The first-order valence-corrected chi connectivity index (χ1v) is 9.56. The van der Waals surface area contributed by atoms with E-state index < -0.39 is 0 Å². The maximum absolute atomic E-state index is 13.7. The summed E-state index contributed by atoms with van der Waals surface area (Å²) in [5.74, 6) is 0.127. The number of amides is 1. The molecule has 1 unspecified atom stereocenters. The van der Waals surface area contributed by atoms with Crippen LogP contribution >= 0.6 is 0 Å². The standard InChI is InChI=1S/C22H24FN3O2/c1-15-4-3-11-26(15)18-7-10-24-19(13-18)21(27)25-22(8-9-22)14-16-12-17(23)5-6-20(16)28-2/h3,5-7,10-13,15H,4,8-9,14H2,1-2H3,(H,25,27). The third-order valence-corrected chi connectivity index (χ3v) is 5.50. The summed E-state index contributed by atoms with van der Waals surface area (Å²) < 4.78 is 19.0. The first-order chi connectivity index (χ1) is 13.5. The third kappa shape index (κ3) is 3.72. The van der Waals surface area contributed by atoms with E-state index in [0.717, 1.165) is 30.5 Å². The Morgan fingerprint density at radius 2 is 2.18 bits per heavy atom. The van der Waals surface area contributed by atoms with Gasteiger partial charge in [-0.15, -0.1) is 0 Å². The Bertz CT molecular complexity index is 924. The molecule has 1 aliphatic heterocycles. The Morgan fingerprint density at radius 1 is 1.36 bits per heavy atom. The molecule has 1 fully saturated rings. The topological polar surface area (TPSA) is 54.5 Å². The van der Waals surface area contributed by atoms with Crippen LogP contribution in [0.1, 0.15) is 42.2 Å². The van der Waals surface area contributed by atoms with E-state index in [4.69, 9.17) is 4.74 Å². The smallest absolute Gasteiger partial charge is 0.270 e. The summed E-state index contributed by atoms with van der Waals surface area (Å²) in [4.78, 5) is 19.2. The highest BCUT2D eigenvalue weighted by molar-refractivity contribution is 5.94. The molecule has 1 aromatic carbocycles. The molecule has 1 N–H and O–H groups in total. The summed E-state index contributed by atoms with van der Waals surface area (Å²) in [5, 5.41) is 3.12. The number of carbonyl (C=O) groups is 1. The first-order valence-electron chi connectivity index (χ1n) is 9.56. The molecule has 4 rings (SSSR count). The van der Waals surface area contributed by atoms with E-state index in [9.17, 15) is 9.18 Å². The van der Waals surface area contributed by atoms with Crippen molar-refractivity contribution in [3.8, 4) is 5.75 Å². The maximum atomic E-state index is 13.7. The van der Waals surface area contributed by atoms with Crippen LogP contribution in [-0.2, 0) is 6.42 Å². The van der Waals surface area contributed by atoms with Crippen molar-refractivity contribution >= 4 is 11.6 Å². The van der Waals surface area contributed by atoms with E-state index >= 15 is 0 Å². The van der Waals surface area contributed by atoms with Crippen molar-refractivity contribution < 1.29 is 13.9 Å². The van der Waals surface area contributed by atoms with Crippen LogP contribution in [0.5, 0.6) is 5.75 Å². The summed E-state index contributed by atoms with van der Waals surface area (Å²) >= 11 is 0. The van der Waals surface area contributed by atoms with Crippen LogP contribution in [0.3, 0.4) is 0 Å². The van der Waals surface area contributed by atoms with E-state index in [-0.39, 0.29) is 17.3 Å². The summed E-state index contributed by atoms with van der Waals surface area (Å²) in [6, 6.07) is 8.58. The van der Waals surface area contributed by atoms with Crippen molar-refractivity contribution in [1.82, 2.24) is 10.3 Å². The quantitative estimate of drug-likeness (QED) is 0.826. The lowest BCUT2D eigenvalue weighted by atomic mass is 10.0. The fourth-order valence-corrected chi connectivity index (χ4v) is 3.73. The van der Waals surface area contributed by atoms with Crippen LogP contribution in [0.4, 0.5) is 10.1 Å². The molecule has 2 aliphatic rings. The lowest BCUT2D eigenvalue weighted by Gasteiger charge is -2.23. The normalized spacial score (nSPS) is 19.5. The largest absolute Gasteiger partial charge is 0.496 e. The predicted octanol–water partition coefficient (Wildman–Crippen LogP) is 3.85. The van der Waals surface area contributed by atoms with Gasteiger partial charge in [0, 0.05) is 29.7 Å². The van der Waals surface area contributed by atoms with Gasteiger partial charge in [0.15, 0.2) is 0 Å². The molecule has 146 valence electrons. The molecule has 2 aromatic rings. The van der Waals surface area contributed by atoms with Gasteiger partial charge >= 0.3 is 0 Å². The molecule has 0 radical (unpaired) electrons. The highest BCUT2D eigenvalue weighted by Crippen LogP contribution is 2.41. The Balaban J connectivity index is 1.49. The Labute approximate surface area is 164 Å². The lowest BCUT2D eigenvalue weighted by Crippen LogP contribution is -2.39. The van der Waals surface area contributed by atoms with Crippen LogP contribution in [0.15, 0.2) is 48.8 Å². The van der Waals surface area contributed by atoms with Crippen molar-refractivity contribution in [2.75, 3.05) is 12.0 Å². The number of halogens is 1. The molecule has 1 aliphatic carbocycles. The summed E-state index contributed by atoms with van der Waals surface area (Å²) in [6.07, 6.45) is 9.05. The Kier molecular flexibility index (Phi) is 4.79. The van der Waals surface area contributed by atoms with Gasteiger partial charge in [-0.1, -0.05) is 6.08 Å². The van der Waals surface area contributed by atoms with Gasteiger partial charge in [-0.3, -0.25) is 9.78 Å². The second kappa shape index (κ2) is 7.26. The summed E-state index contributed by atoms with van der Waals surface area (Å²) in [5.41, 5.74) is 1.75. The van der Waals surface area contributed by atoms with E-state index in [1.54, 1.807) is 19.4 Å². The number of carbonyl (C=O) groups excluding carboxylic acids is 1. The van der Waals surface area contributed by atoms with Crippen molar-refractivity contribution in [3.63, 3.8) is 0 Å². The van der Waals surface area contributed by atoms with Crippen LogP contribution < -0.4 is 15.0 Å². The molecule has 1 amide bonds. The van der Waals surface area contributed by atoms with Gasteiger partial charge in [0.1, 0.15) is 17.3 Å². The zero-order valence-electron chi connectivity index (χ0n) is 16.1. The monoisotopic (exact) mass is 381 g/mol. The molecule has 1 aromatic heterocycles. The highest BCUT2D eigenvalue weighted by atomic mass is 19.1. The fraction of sp³-hybridized carbons (Fsp3) is 0.364. The van der Waals surface area contributed by atoms with Crippen LogP contribution in [0.2, 0.25) is 0 Å².